The standard InChI is InChI=1S/C7H11NO2/c1-4(2)6-3-5(8)7(9)10-6/h3-4,6H,8H2,1-2H3/t6-/m0/s1. The Morgan fingerprint density at radius 2 is 2.30 bits per heavy atom. The lowest BCUT2D eigenvalue weighted by Crippen LogP contribution is -2.15. The molecule has 0 spiro atoms. The Balaban J connectivity index is 2.65. The molecule has 0 aromatic heterocycles. The fourth-order valence-corrected chi connectivity index (χ4v) is 0.799. The summed E-state index contributed by atoms with van der Waals surface area (Å²) in [6.07, 6.45) is 1.54. The zero-order valence-corrected chi connectivity index (χ0v) is 6.13. The highest BCUT2D eigenvalue weighted by Crippen LogP contribution is 2.16. The second-order valence-corrected chi connectivity index (χ2v) is 2.74. The Morgan fingerprint density at radius 3 is 2.50 bits per heavy atom. The molecule has 1 atom stereocenters. The summed E-state index contributed by atoms with van der Waals surface area (Å²) in [6.45, 7) is 3.96. The zero-order chi connectivity index (χ0) is 7.72. The molecular formula is C7H11NO2. The molecule has 0 unspecified atom stereocenters. The van der Waals surface area contributed by atoms with Gasteiger partial charge in [-0.2, -0.15) is 0 Å². The van der Waals surface area contributed by atoms with Crippen molar-refractivity contribution in [3.05, 3.63) is 11.8 Å². The molecular weight excluding hydrogens is 130 g/mol. The molecule has 1 aliphatic rings. The molecule has 0 aromatic rings. The van der Waals surface area contributed by atoms with Crippen LogP contribution in [0.25, 0.3) is 0 Å². The number of rotatable bonds is 1. The van der Waals surface area contributed by atoms with Crippen molar-refractivity contribution >= 4 is 5.97 Å². The van der Waals surface area contributed by atoms with Crippen molar-refractivity contribution < 1.29 is 9.53 Å². The predicted molar refractivity (Wildman–Crippen MR) is 37.0 cm³/mol. The Bertz CT molecular complexity index is 184. The highest BCUT2D eigenvalue weighted by molar-refractivity contribution is 5.89. The third-order valence-electron chi connectivity index (χ3n) is 1.48. The van der Waals surface area contributed by atoms with Crippen LogP contribution >= 0.6 is 0 Å². The molecule has 1 rings (SSSR count). The van der Waals surface area contributed by atoms with Crippen molar-refractivity contribution in [2.45, 2.75) is 20.0 Å². The summed E-state index contributed by atoms with van der Waals surface area (Å²) >= 11 is 0. The maximum atomic E-state index is 10.7. The van der Waals surface area contributed by atoms with Crippen molar-refractivity contribution in [1.82, 2.24) is 0 Å². The predicted octanol–water partition coefficient (Wildman–Crippen LogP) is 0.410. The first-order chi connectivity index (χ1) is 4.61. The smallest absolute Gasteiger partial charge is 0.354 e. The molecule has 0 amide bonds. The molecule has 0 aromatic carbocycles. The van der Waals surface area contributed by atoms with E-state index in [1.54, 1.807) is 6.08 Å². The summed E-state index contributed by atoms with van der Waals surface area (Å²) < 4.78 is 4.88. The molecule has 10 heavy (non-hydrogen) atoms. The van der Waals surface area contributed by atoms with Crippen LogP contribution < -0.4 is 5.73 Å². The third kappa shape index (κ3) is 1.12. The number of ether oxygens (including phenoxy) is 1. The largest absolute Gasteiger partial charge is 0.453 e. The first-order valence-electron chi connectivity index (χ1n) is 3.29. The molecule has 0 saturated carbocycles. The van der Waals surface area contributed by atoms with Crippen molar-refractivity contribution in [2.24, 2.45) is 11.7 Å². The number of nitrogens with two attached hydrogens (primary N) is 1. The number of carbonyl (C=O) groups is 1. The Morgan fingerprint density at radius 1 is 1.70 bits per heavy atom. The van der Waals surface area contributed by atoms with E-state index in [0.717, 1.165) is 0 Å². The lowest BCUT2D eigenvalue weighted by Gasteiger charge is -2.10. The van der Waals surface area contributed by atoms with Crippen LogP contribution in [-0.2, 0) is 9.53 Å². The van der Waals surface area contributed by atoms with Gasteiger partial charge in [-0.25, -0.2) is 4.79 Å². The number of hydrogen-bond acceptors (Lipinski definition) is 3. The molecule has 1 aliphatic heterocycles. The summed E-state index contributed by atoms with van der Waals surface area (Å²) in [6, 6.07) is 0. The van der Waals surface area contributed by atoms with Gasteiger partial charge in [0.2, 0.25) is 0 Å². The molecule has 2 N–H and O–H groups in total. The van der Waals surface area contributed by atoms with Crippen LogP contribution in [0.1, 0.15) is 13.8 Å². The maximum absolute atomic E-state index is 10.7. The second-order valence-electron chi connectivity index (χ2n) is 2.74. The number of hydrogen-bond donors (Lipinski definition) is 1. The summed E-state index contributed by atoms with van der Waals surface area (Å²) in [4.78, 5) is 10.7. The van der Waals surface area contributed by atoms with E-state index in [2.05, 4.69) is 0 Å². The van der Waals surface area contributed by atoms with Gasteiger partial charge in [0, 0.05) is 0 Å². The van der Waals surface area contributed by atoms with Crippen molar-refractivity contribution in [3.63, 3.8) is 0 Å². The van der Waals surface area contributed by atoms with E-state index in [1.165, 1.54) is 0 Å². The third-order valence-corrected chi connectivity index (χ3v) is 1.48. The Hall–Kier alpha value is -0.990. The van der Waals surface area contributed by atoms with Crippen LogP contribution in [0.15, 0.2) is 11.8 Å². The van der Waals surface area contributed by atoms with Crippen LogP contribution in [0.4, 0.5) is 0 Å². The lowest BCUT2D eigenvalue weighted by molar-refractivity contribution is -0.141. The van der Waals surface area contributed by atoms with Gasteiger partial charge in [0.15, 0.2) is 0 Å². The van der Waals surface area contributed by atoms with Gasteiger partial charge in [0.1, 0.15) is 11.8 Å². The van der Waals surface area contributed by atoms with Gasteiger partial charge < -0.3 is 10.5 Å². The van der Waals surface area contributed by atoms with Gasteiger partial charge in [-0.15, -0.1) is 0 Å². The monoisotopic (exact) mass is 141 g/mol. The first-order valence-corrected chi connectivity index (χ1v) is 3.29. The van der Waals surface area contributed by atoms with Crippen LogP contribution in [0, 0.1) is 5.92 Å². The summed E-state index contributed by atoms with van der Waals surface area (Å²) in [5.41, 5.74) is 5.53. The minimum atomic E-state index is -0.390. The number of carbonyl (C=O) groups excluding carboxylic acids is 1. The minimum Gasteiger partial charge on any atom is -0.453 e. The van der Waals surface area contributed by atoms with Gasteiger partial charge in [-0.05, 0) is 12.0 Å². The van der Waals surface area contributed by atoms with Gasteiger partial charge in [0.05, 0.1) is 0 Å². The van der Waals surface area contributed by atoms with Crippen molar-refractivity contribution in [1.29, 1.82) is 0 Å². The molecule has 0 aliphatic carbocycles. The van der Waals surface area contributed by atoms with Crippen molar-refractivity contribution in [3.8, 4) is 0 Å². The van der Waals surface area contributed by atoms with Gasteiger partial charge >= 0.3 is 5.97 Å². The van der Waals surface area contributed by atoms with E-state index in [-0.39, 0.29) is 11.8 Å². The average molecular weight is 141 g/mol. The summed E-state index contributed by atoms with van der Waals surface area (Å²) in [7, 11) is 0. The quantitative estimate of drug-likeness (QED) is 0.538. The molecule has 0 saturated heterocycles. The van der Waals surface area contributed by atoms with Crippen LogP contribution in [0.2, 0.25) is 0 Å². The fourth-order valence-electron chi connectivity index (χ4n) is 0.799. The molecule has 3 heteroatoms. The van der Waals surface area contributed by atoms with E-state index in [4.69, 9.17) is 10.5 Å². The Labute approximate surface area is 59.8 Å². The van der Waals surface area contributed by atoms with E-state index in [0.29, 0.717) is 5.92 Å². The van der Waals surface area contributed by atoms with E-state index < -0.39 is 5.97 Å². The van der Waals surface area contributed by atoms with Crippen LogP contribution in [-0.4, -0.2) is 12.1 Å². The molecule has 56 valence electrons. The number of esters is 1. The fraction of sp³-hybridized carbons (Fsp3) is 0.571. The maximum Gasteiger partial charge on any atom is 0.354 e. The molecule has 0 fully saturated rings. The summed E-state index contributed by atoms with van der Waals surface area (Å²) in [5.74, 6) is -0.0799. The highest BCUT2D eigenvalue weighted by atomic mass is 16.5. The van der Waals surface area contributed by atoms with Gasteiger partial charge in [-0.1, -0.05) is 13.8 Å². The molecule has 1 heterocycles. The molecule has 0 bridgehead atoms. The normalized spacial score (nSPS) is 24.9. The lowest BCUT2D eigenvalue weighted by atomic mass is 10.1. The molecule has 3 nitrogen and oxygen atoms in total. The SMILES string of the molecule is CC(C)[C@@H]1C=C(N)C(=O)O1. The summed E-state index contributed by atoms with van der Waals surface area (Å²) in [5, 5.41) is 0. The zero-order valence-electron chi connectivity index (χ0n) is 6.13. The van der Waals surface area contributed by atoms with Gasteiger partial charge in [-0.3, -0.25) is 0 Å². The average Bonchev–Trinajstić information content (AvgIpc) is 2.13. The highest BCUT2D eigenvalue weighted by Gasteiger charge is 2.25. The second kappa shape index (κ2) is 2.33. The van der Waals surface area contributed by atoms with E-state index >= 15 is 0 Å². The van der Waals surface area contributed by atoms with E-state index in [1.807, 2.05) is 13.8 Å². The van der Waals surface area contributed by atoms with E-state index in [9.17, 15) is 4.79 Å². The van der Waals surface area contributed by atoms with Gasteiger partial charge in [0.25, 0.3) is 0 Å². The van der Waals surface area contributed by atoms with Crippen LogP contribution in [0.3, 0.4) is 0 Å². The van der Waals surface area contributed by atoms with Crippen molar-refractivity contribution in [2.75, 3.05) is 0 Å². The van der Waals surface area contributed by atoms with Crippen LogP contribution in [0.5, 0.6) is 0 Å². The molecule has 0 radical (unpaired) electrons. The number of cyclic esters (lactones) is 1. The Kier molecular flexibility index (Phi) is 1.66. The first kappa shape index (κ1) is 7.12. The minimum absolute atomic E-state index is 0.118. The topological polar surface area (TPSA) is 52.3 Å².